The van der Waals surface area contributed by atoms with Gasteiger partial charge in [-0.1, -0.05) is 36.4 Å². The van der Waals surface area contributed by atoms with Crippen LogP contribution in [0.4, 0.5) is 0 Å². The van der Waals surface area contributed by atoms with Gasteiger partial charge in [-0.3, -0.25) is 4.79 Å². The molecule has 1 aliphatic heterocycles. The molecule has 1 aliphatic rings. The van der Waals surface area contributed by atoms with Gasteiger partial charge in [0, 0.05) is 29.6 Å². The van der Waals surface area contributed by atoms with Crippen molar-refractivity contribution >= 4 is 16.9 Å². The molecule has 5 heteroatoms. The number of rotatable bonds is 2. The molecule has 1 amide bonds. The van der Waals surface area contributed by atoms with Crippen molar-refractivity contribution in [2.45, 2.75) is 12.5 Å². The number of carbonyl (C=O) groups is 1. The predicted octanol–water partition coefficient (Wildman–Crippen LogP) is 3.94. The molecule has 0 spiro atoms. The van der Waals surface area contributed by atoms with Gasteiger partial charge in [-0.2, -0.15) is 0 Å². The van der Waals surface area contributed by atoms with Crippen LogP contribution in [-0.2, 0) is 6.42 Å². The maximum atomic E-state index is 13.2. The SMILES string of the molecule is O=C(c1ccccc1)N1CCc2[nH]cnc2[C@@H]1c1cc2ccccc2o1. The summed E-state index contributed by atoms with van der Waals surface area (Å²) in [5.74, 6) is 0.730. The van der Waals surface area contributed by atoms with Gasteiger partial charge in [0.2, 0.25) is 0 Å². The number of nitrogens with zero attached hydrogens (tertiary/aromatic N) is 2. The number of H-pyrrole nitrogens is 1. The molecule has 0 saturated heterocycles. The molecule has 5 nitrogen and oxygen atoms in total. The molecule has 128 valence electrons. The van der Waals surface area contributed by atoms with Gasteiger partial charge in [0.25, 0.3) is 5.91 Å². The highest BCUT2D eigenvalue weighted by Crippen LogP contribution is 2.36. The number of para-hydroxylation sites is 1. The summed E-state index contributed by atoms with van der Waals surface area (Å²) < 4.78 is 6.10. The standard InChI is InChI=1S/C21H17N3O2/c25-21(14-6-2-1-3-7-14)24-11-10-16-19(23-13-22-16)20(24)18-12-15-8-4-5-9-17(15)26-18/h1-9,12-13,20H,10-11H2,(H,22,23)/t20-/m0/s1. The number of aromatic amines is 1. The number of nitrogens with one attached hydrogen (secondary N) is 1. The molecule has 26 heavy (non-hydrogen) atoms. The van der Waals surface area contributed by atoms with E-state index in [2.05, 4.69) is 9.97 Å². The molecule has 1 N–H and O–H groups in total. The maximum Gasteiger partial charge on any atom is 0.254 e. The zero-order chi connectivity index (χ0) is 17.5. The topological polar surface area (TPSA) is 62.1 Å². The number of imidazole rings is 1. The molecule has 2 aromatic heterocycles. The molecular formula is C21H17N3O2. The van der Waals surface area contributed by atoms with Gasteiger partial charge in [0.05, 0.1) is 12.0 Å². The van der Waals surface area contributed by atoms with Crippen molar-refractivity contribution in [2.75, 3.05) is 6.54 Å². The maximum absolute atomic E-state index is 13.2. The van der Waals surface area contributed by atoms with Gasteiger partial charge < -0.3 is 14.3 Å². The van der Waals surface area contributed by atoms with Crippen LogP contribution in [0.5, 0.6) is 0 Å². The summed E-state index contributed by atoms with van der Waals surface area (Å²) in [6.45, 7) is 0.616. The minimum absolute atomic E-state index is 0.00953. The summed E-state index contributed by atoms with van der Waals surface area (Å²) in [4.78, 5) is 22.7. The molecule has 0 bridgehead atoms. The number of amides is 1. The van der Waals surface area contributed by atoms with E-state index < -0.39 is 0 Å². The molecule has 3 heterocycles. The van der Waals surface area contributed by atoms with Crippen molar-refractivity contribution in [3.63, 3.8) is 0 Å². The molecule has 0 saturated carbocycles. The quantitative estimate of drug-likeness (QED) is 0.599. The van der Waals surface area contributed by atoms with Crippen LogP contribution in [0.15, 0.2) is 71.4 Å². The Bertz CT molecular complexity index is 1050. The summed E-state index contributed by atoms with van der Waals surface area (Å²) in [6, 6.07) is 18.9. The van der Waals surface area contributed by atoms with Gasteiger partial charge in [-0.05, 0) is 24.3 Å². The third kappa shape index (κ3) is 2.32. The van der Waals surface area contributed by atoms with Crippen LogP contribution in [0.1, 0.15) is 33.5 Å². The van der Waals surface area contributed by atoms with Crippen molar-refractivity contribution in [2.24, 2.45) is 0 Å². The van der Waals surface area contributed by atoms with Crippen LogP contribution in [0.3, 0.4) is 0 Å². The molecule has 0 unspecified atom stereocenters. The molecule has 0 radical (unpaired) electrons. The first kappa shape index (κ1) is 15.0. The Morgan fingerprint density at radius 1 is 1.12 bits per heavy atom. The van der Waals surface area contributed by atoms with E-state index in [1.807, 2.05) is 65.6 Å². The second-order valence-electron chi connectivity index (χ2n) is 6.47. The largest absolute Gasteiger partial charge is 0.458 e. The Balaban J connectivity index is 1.63. The van der Waals surface area contributed by atoms with E-state index in [1.165, 1.54) is 0 Å². The van der Waals surface area contributed by atoms with E-state index in [9.17, 15) is 4.79 Å². The monoisotopic (exact) mass is 343 g/mol. The molecule has 0 aliphatic carbocycles. The van der Waals surface area contributed by atoms with Gasteiger partial charge in [-0.25, -0.2) is 4.98 Å². The van der Waals surface area contributed by atoms with Gasteiger partial charge >= 0.3 is 0 Å². The molecule has 1 atom stereocenters. The van der Waals surface area contributed by atoms with E-state index in [0.29, 0.717) is 12.1 Å². The lowest BCUT2D eigenvalue weighted by atomic mass is 9.99. The normalized spacial score (nSPS) is 16.6. The van der Waals surface area contributed by atoms with Crippen LogP contribution in [0, 0.1) is 0 Å². The number of fused-ring (bicyclic) bond motifs is 2. The highest BCUT2D eigenvalue weighted by Gasteiger charge is 2.36. The zero-order valence-corrected chi connectivity index (χ0v) is 14.1. The van der Waals surface area contributed by atoms with Gasteiger partial charge in [-0.15, -0.1) is 0 Å². The van der Waals surface area contributed by atoms with E-state index >= 15 is 0 Å². The van der Waals surface area contributed by atoms with Crippen LogP contribution < -0.4 is 0 Å². The first-order valence-electron chi connectivity index (χ1n) is 8.68. The Labute approximate surface area is 150 Å². The number of benzene rings is 2. The minimum Gasteiger partial charge on any atom is -0.458 e. The molecule has 0 fully saturated rings. The van der Waals surface area contributed by atoms with Crippen molar-refractivity contribution in [1.82, 2.24) is 14.9 Å². The lowest BCUT2D eigenvalue weighted by Gasteiger charge is -2.33. The average Bonchev–Trinajstić information content (AvgIpc) is 3.33. The predicted molar refractivity (Wildman–Crippen MR) is 97.8 cm³/mol. The first-order chi connectivity index (χ1) is 12.8. The fraction of sp³-hybridized carbons (Fsp3) is 0.143. The highest BCUT2D eigenvalue weighted by molar-refractivity contribution is 5.95. The zero-order valence-electron chi connectivity index (χ0n) is 14.1. The Kier molecular flexibility index (Phi) is 3.38. The molecule has 5 rings (SSSR count). The second kappa shape index (κ2) is 5.88. The number of aromatic nitrogens is 2. The van der Waals surface area contributed by atoms with Crippen LogP contribution in [-0.4, -0.2) is 27.3 Å². The Hall–Kier alpha value is -3.34. The van der Waals surface area contributed by atoms with Crippen LogP contribution in [0.25, 0.3) is 11.0 Å². The van der Waals surface area contributed by atoms with Crippen LogP contribution >= 0.6 is 0 Å². The summed E-state index contributed by atoms with van der Waals surface area (Å²) in [7, 11) is 0. The van der Waals surface area contributed by atoms with Crippen molar-refractivity contribution in [1.29, 1.82) is 0 Å². The van der Waals surface area contributed by atoms with E-state index in [1.54, 1.807) is 6.33 Å². The highest BCUT2D eigenvalue weighted by atomic mass is 16.3. The third-order valence-electron chi connectivity index (χ3n) is 4.92. The fourth-order valence-corrected chi connectivity index (χ4v) is 3.67. The molecule has 4 aromatic rings. The number of hydrogen-bond donors (Lipinski definition) is 1. The number of hydrogen-bond acceptors (Lipinski definition) is 3. The van der Waals surface area contributed by atoms with E-state index in [4.69, 9.17) is 4.42 Å². The summed E-state index contributed by atoms with van der Waals surface area (Å²) in [5, 5.41) is 1.03. The van der Waals surface area contributed by atoms with Crippen molar-refractivity contribution in [3.05, 3.63) is 89.7 Å². The van der Waals surface area contributed by atoms with Gasteiger partial charge in [0.15, 0.2) is 0 Å². The average molecular weight is 343 g/mol. The summed E-state index contributed by atoms with van der Waals surface area (Å²) in [6.07, 6.45) is 2.45. The first-order valence-corrected chi connectivity index (χ1v) is 8.68. The number of furan rings is 1. The van der Waals surface area contributed by atoms with E-state index in [0.717, 1.165) is 34.5 Å². The smallest absolute Gasteiger partial charge is 0.254 e. The minimum atomic E-state index is -0.329. The van der Waals surface area contributed by atoms with E-state index in [-0.39, 0.29) is 11.9 Å². The summed E-state index contributed by atoms with van der Waals surface area (Å²) in [5.41, 5.74) is 3.41. The third-order valence-corrected chi connectivity index (χ3v) is 4.92. The van der Waals surface area contributed by atoms with Crippen molar-refractivity contribution < 1.29 is 9.21 Å². The Morgan fingerprint density at radius 2 is 1.92 bits per heavy atom. The molecule has 2 aromatic carbocycles. The number of carbonyl (C=O) groups excluding carboxylic acids is 1. The second-order valence-corrected chi connectivity index (χ2v) is 6.47. The lowest BCUT2D eigenvalue weighted by Crippen LogP contribution is -2.40. The molecular weight excluding hydrogens is 326 g/mol. The van der Waals surface area contributed by atoms with Crippen LogP contribution in [0.2, 0.25) is 0 Å². The Morgan fingerprint density at radius 3 is 2.77 bits per heavy atom. The van der Waals surface area contributed by atoms with Crippen molar-refractivity contribution in [3.8, 4) is 0 Å². The van der Waals surface area contributed by atoms with Gasteiger partial charge in [0.1, 0.15) is 17.4 Å². The summed E-state index contributed by atoms with van der Waals surface area (Å²) >= 11 is 0. The lowest BCUT2D eigenvalue weighted by molar-refractivity contribution is 0.0673. The fourth-order valence-electron chi connectivity index (χ4n) is 3.67.